The summed E-state index contributed by atoms with van der Waals surface area (Å²) < 4.78 is 0.704. The molecule has 16 heavy (non-hydrogen) atoms. The molecule has 1 fully saturated rings. The summed E-state index contributed by atoms with van der Waals surface area (Å²) in [6, 6.07) is 0. The third-order valence-electron chi connectivity index (χ3n) is 2.82. The van der Waals surface area contributed by atoms with Crippen LogP contribution in [0.2, 0.25) is 4.34 Å². The van der Waals surface area contributed by atoms with E-state index >= 15 is 0 Å². The van der Waals surface area contributed by atoms with Crippen LogP contribution in [0.25, 0.3) is 0 Å². The zero-order valence-electron chi connectivity index (χ0n) is 8.73. The summed E-state index contributed by atoms with van der Waals surface area (Å²) in [6.45, 7) is 2.44. The van der Waals surface area contributed by atoms with Crippen molar-refractivity contribution < 1.29 is 9.90 Å². The lowest BCUT2D eigenvalue weighted by atomic mass is 9.97. The van der Waals surface area contributed by atoms with Crippen LogP contribution in [0.1, 0.15) is 17.8 Å². The summed E-state index contributed by atoms with van der Waals surface area (Å²) in [5.74, 6) is -0.840. The molecule has 2 rings (SSSR count). The average molecular weight is 261 g/mol. The third kappa shape index (κ3) is 2.93. The van der Waals surface area contributed by atoms with Crippen LogP contribution in [0.3, 0.4) is 0 Å². The van der Waals surface area contributed by atoms with Crippen LogP contribution < -0.4 is 0 Å². The lowest BCUT2D eigenvalue weighted by Crippen LogP contribution is -2.35. The largest absolute Gasteiger partial charge is 0.481 e. The fourth-order valence-corrected chi connectivity index (χ4v) is 2.89. The molecule has 1 aliphatic rings. The Morgan fingerprint density at radius 3 is 2.81 bits per heavy atom. The van der Waals surface area contributed by atoms with Crippen LogP contribution in [-0.4, -0.2) is 34.0 Å². The van der Waals surface area contributed by atoms with Crippen LogP contribution in [0.5, 0.6) is 0 Å². The molecule has 2 heterocycles. The first-order valence-corrected chi connectivity index (χ1v) is 6.40. The first-order valence-electron chi connectivity index (χ1n) is 5.20. The zero-order chi connectivity index (χ0) is 11.5. The van der Waals surface area contributed by atoms with Crippen LogP contribution in [0, 0.1) is 5.92 Å². The first kappa shape index (κ1) is 11.8. The van der Waals surface area contributed by atoms with Crippen LogP contribution in [0.4, 0.5) is 0 Å². The summed E-state index contributed by atoms with van der Waals surface area (Å²) in [5.41, 5.74) is 0. The molecule has 0 spiro atoms. The monoisotopic (exact) mass is 260 g/mol. The number of piperidine rings is 1. The van der Waals surface area contributed by atoms with E-state index in [1.54, 1.807) is 6.20 Å². The Morgan fingerprint density at radius 1 is 1.62 bits per heavy atom. The van der Waals surface area contributed by atoms with E-state index in [9.17, 15) is 4.79 Å². The van der Waals surface area contributed by atoms with E-state index in [0.29, 0.717) is 4.34 Å². The third-order valence-corrected chi connectivity index (χ3v) is 3.92. The molecule has 0 saturated carbocycles. The second-order valence-corrected chi connectivity index (χ2v) is 5.69. The van der Waals surface area contributed by atoms with Gasteiger partial charge in [0.25, 0.3) is 0 Å². The molecular formula is C10H13ClN2O2S. The quantitative estimate of drug-likeness (QED) is 0.904. The van der Waals surface area contributed by atoms with Crippen LogP contribution in [-0.2, 0) is 11.3 Å². The molecule has 0 amide bonds. The molecule has 6 heteroatoms. The molecule has 88 valence electrons. The number of thiazole rings is 1. The highest BCUT2D eigenvalue weighted by atomic mass is 35.5. The van der Waals surface area contributed by atoms with Crippen molar-refractivity contribution in [2.45, 2.75) is 19.4 Å². The van der Waals surface area contributed by atoms with Gasteiger partial charge in [-0.2, -0.15) is 0 Å². The molecule has 0 atom stereocenters. The molecule has 0 radical (unpaired) electrons. The van der Waals surface area contributed by atoms with Crippen LogP contribution >= 0.6 is 22.9 Å². The van der Waals surface area contributed by atoms with Crippen molar-refractivity contribution in [3.8, 4) is 0 Å². The van der Waals surface area contributed by atoms with Gasteiger partial charge in [0, 0.05) is 0 Å². The second-order valence-electron chi connectivity index (χ2n) is 3.95. The van der Waals surface area contributed by atoms with Gasteiger partial charge in [-0.25, -0.2) is 4.98 Å². The van der Waals surface area contributed by atoms with Gasteiger partial charge in [0.1, 0.15) is 9.34 Å². The fourth-order valence-electron chi connectivity index (χ4n) is 1.89. The molecule has 4 nitrogen and oxygen atoms in total. The molecule has 0 aliphatic carbocycles. The average Bonchev–Trinajstić information content (AvgIpc) is 2.65. The predicted octanol–water partition coefficient (Wildman–Crippen LogP) is 2.09. The van der Waals surface area contributed by atoms with Crippen molar-refractivity contribution in [1.29, 1.82) is 0 Å². The van der Waals surface area contributed by atoms with Crippen molar-refractivity contribution in [3.63, 3.8) is 0 Å². The summed E-state index contributed by atoms with van der Waals surface area (Å²) in [5, 5.41) is 9.87. The first-order chi connectivity index (χ1) is 7.65. The number of hydrogen-bond acceptors (Lipinski definition) is 4. The Morgan fingerprint density at radius 2 is 2.31 bits per heavy atom. The summed E-state index contributed by atoms with van der Waals surface area (Å²) >= 11 is 7.29. The van der Waals surface area contributed by atoms with Gasteiger partial charge in [-0.1, -0.05) is 11.6 Å². The minimum atomic E-state index is -0.669. The number of likely N-dealkylation sites (tertiary alicyclic amines) is 1. The van der Waals surface area contributed by atoms with E-state index in [1.807, 2.05) is 0 Å². The van der Waals surface area contributed by atoms with Crippen molar-refractivity contribution in [2.24, 2.45) is 5.92 Å². The second kappa shape index (κ2) is 5.12. The van der Waals surface area contributed by atoms with E-state index in [2.05, 4.69) is 9.88 Å². The molecular weight excluding hydrogens is 248 g/mol. The predicted molar refractivity (Wildman–Crippen MR) is 62.8 cm³/mol. The zero-order valence-corrected chi connectivity index (χ0v) is 10.3. The van der Waals surface area contributed by atoms with E-state index < -0.39 is 5.97 Å². The molecule has 0 aromatic carbocycles. The standard InChI is InChI=1S/C10H13ClN2O2S/c11-8-5-12-9(16-8)6-13-3-1-7(2-4-13)10(14)15/h5,7H,1-4,6H2,(H,14,15). The van der Waals surface area contributed by atoms with Gasteiger partial charge in [0.05, 0.1) is 18.7 Å². The molecule has 1 aliphatic heterocycles. The molecule has 0 bridgehead atoms. The van der Waals surface area contributed by atoms with E-state index in [1.165, 1.54) is 11.3 Å². The van der Waals surface area contributed by atoms with Gasteiger partial charge in [-0.3, -0.25) is 9.69 Å². The highest BCUT2D eigenvalue weighted by Gasteiger charge is 2.24. The normalized spacial score (nSPS) is 18.8. The summed E-state index contributed by atoms with van der Waals surface area (Å²) in [7, 11) is 0. The molecule has 1 N–H and O–H groups in total. The fraction of sp³-hybridized carbons (Fsp3) is 0.600. The Bertz CT molecular complexity index is 375. The Hall–Kier alpha value is -0.650. The smallest absolute Gasteiger partial charge is 0.306 e. The summed E-state index contributed by atoms with van der Waals surface area (Å²) in [6.07, 6.45) is 3.12. The Labute approximate surface area is 103 Å². The maximum atomic E-state index is 10.8. The van der Waals surface area contributed by atoms with Crippen molar-refractivity contribution in [1.82, 2.24) is 9.88 Å². The Kier molecular flexibility index (Phi) is 3.78. The van der Waals surface area contributed by atoms with Crippen molar-refractivity contribution in [3.05, 3.63) is 15.5 Å². The lowest BCUT2D eigenvalue weighted by Gasteiger charge is -2.29. The number of halogens is 1. The Balaban J connectivity index is 1.83. The molecule has 1 aromatic heterocycles. The van der Waals surface area contributed by atoms with Gasteiger partial charge in [-0.15, -0.1) is 11.3 Å². The molecule has 0 unspecified atom stereocenters. The summed E-state index contributed by atoms with van der Waals surface area (Å²) in [4.78, 5) is 17.2. The number of nitrogens with zero attached hydrogens (tertiary/aromatic N) is 2. The molecule has 1 aromatic rings. The maximum Gasteiger partial charge on any atom is 0.306 e. The number of carboxylic acid groups (broad SMARTS) is 1. The van der Waals surface area contributed by atoms with Gasteiger partial charge in [0.2, 0.25) is 0 Å². The van der Waals surface area contributed by atoms with Crippen LogP contribution in [0.15, 0.2) is 6.20 Å². The highest BCUT2D eigenvalue weighted by Crippen LogP contribution is 2.23. The van der Waals surface area contributed by atoms with E-state index in [0.717, 1.165) is 37.5 Å². The van der Waals surface area contributed by atoms with Gasteiger partial charge < -0.3 is 5.11 Å². The minimum Gasteiger partial charge on any atom is -0.481 e. The number of carboxylic acids is 1. The number of aromatic nitrogens is 1. The number of carbonyl (C=O) groups is 1. The highest BCUT2D eigenvalue weighted by molar-refractivity contribution is 7.15. The SMILES string of the molecule is O=C(O)C1CCN(Cc2ncc(Cl)s2)CC1. The van der Waals surface area contributed by atoms with Gasteiger partial charge in [0.15, 0.2) is 0 Å². The van der Waals surface area contributed by atoms with E-state index in [-0.39, 0.29) is 5.92 Å². The van der Waals surface area contributed by atoms with Gasteiger partial charge in [-0.05, 0) is 25.9 Å². The lowest BCUT2D eigenvalue weighted by molar-refractivity contribution is -0.143. The maximum absolute atomic E-state index is 10.8. The number of hydrogen-bond donors (Lipinski definition) is 1. The topological polar surface area (TPSA) is 53.4 Å². The van der Waals surface area contributed by atoms with E-state index in [4.69, 9.17) is 16.7 Å². The minimum absolute atomic E-state index is 0.170. The van der Waals surface area contributed by atoms with Crippen molar-refractivity contribution >= 4 is 28.9 Å². The van der Waals surface area contributed by atoms with Gasteiger partial charge >= 0.3 is 5.97 Å². The number of aliphatic carboxylic acids is 1. The van der Waals surface area contributed by atoms with Crippen molar-refractivity contribution in [2.75, 3.05) is 13.1 Å². The molecule has 1 saturated heterocycles. The number of rotatable bonds is 3.